The van der Waals surface area contributed by atoms with E-state index in [-0.39, 0.29) is 0 Å². The van der Waals surface area contributed by atoms with Crippen LogP contribution in [0, 0.1) is 0 Å². The Morgan fingerprint density at radius 2 is 1.89 bits per heavy atom. The Hall–Kier alpha value is -1.81. The molecule has 0 amide bonds. The lowest BCUT2D eigenvalue weighted by atomic mass is 10.2. The van der Waals surface area contributed by atoms with Gasteiger partial charge in [-0.25, -0.2) is 0 Å². The molecule has 0 saturated heterocycles. The van der Waals surface area contributed by atoms with Crippen LogP contribution in [0.5, 0.6) is 5.75 Å². The van der Waals surface area contributed by atoms with Gasteiger partial charge in [0.1, 0.15) is 5.75 Å². The third kappa shape index (κ3) is 3.60. The molecule has 1 aromatic carbocycles. The number of aryl methyl sites for hydroxylation is 1. The molecule has 0 spiro atoms. The van der Waals surface area contributed by atoms with Crippen molar-refractivity contribution in [2.24, 2.45) is 7.05 Å². The van der Waals surface area contributed by atoms with Crippen LogP contribution < -0.4 is 10.1 Å². The zero-order chi connectivity index (χ0) is 12.8. The summed E-state index contributed by atoms with van der Waals surface area (Å²) in [5.74, 6) is 0.925. The quantitative estimate of drug-likeness (QED) is 0.847. The van der Waals surface area contributed by atoms with Crippen LogP contribution in [0.3, 0.4) is 0 Å². The normalized spacial score (nSPS) is 10.6. The van der Waals surface area contributed by atoms with Crippen LogP contribution in [0.2, 0.25) is 0 Å². The maximum atomic E-state index is 5.41. The monoisotopic (exact) mass is 245 g/mol. The SMILES string of the molecule is CCOc1ccc(CNCc2cnn(C)c2)cc1. The molecule has 0 radical (unpaired) electrons. The van der Waals surface area contributed by atoms with E-state index in [0.717, 1.165) is 18.8 Å². The van der Waals surface area contributed by atoms with Gasteiger partial charge in [-0.05, 0) is 24.6 Å². The Balaban J connectivity index is 1.79. The Morgan fingerprint density at radius 1 is 1.17 bits per heavy atom. The van der Waals surface area contributed by atoms with Gasteiger partial charge in [-0.2, -0.15) is 5.10 Å². The molecule has 0 aliphatic carbocycles. The van der Waals surface area contributed by atoms with Gasteiger partial charge in [0.2, 0.25) is 0 Å². The van der Waals surface area contributed by atoms with Gasteiger partial charge in [0, 0.05) is 31.9 Å². The summed E-state index contributed by atoms with van der Waals surface area (Å²) in [6.07, 6.45) is 3.90. The summed E-state index contributed by atoms with van der Waals surface area (Å²) in [5.41, 5.74) is 2.45. The molecule has 0 aliphatic rings. The number of nitrogens with one attached hydrogen (secondary N) is 1. The summed E-state index contributed by atoms with van der Waals surface area (Å²) in [6.45, 7) is 4.38. The van der Waals surface area contributed by atoms with Gasteiger partial charge in [0.25, 0.3) is 0 Å². The van der Waals surface area contributed by atoms with E-state index < -0.39 is 0 Å². The van der Waals surface area contributed by atoms with E-state index >= 15 is 0 Å². The second-order valence-electron chi connectivity index (χ2n) is 4.20. The lowest BCUT2D eigenvalue weighted by Gasteiger charge is -2.06. The van der Waals surface area contributed by atoms with Crippen molar-refractivity contribution in [1.29, 1.82) is 0 Å². The van der Waals surface area contributed by atoms with Crippen molar-refractivity contribution in [1.82, 2.24) is 15.1 Å². The van der Waals surface area contributed by atoms with Crippen molar-refractivity contribution in [3.05, 3.63) is 47.8 Å². The van der Waals surface area contributed by atoms with E-state index in [0.29, 0.717) is 6.61 Å². The number of nitrogens with zero attached hydrogens (tertiary/aromatic N) is 2. The summed E-state index contributed by atoms with van der Waals surface area (Å²) >= 11 is 0. The molecule has 0 aliphatic heterocycles. The lowest BCUT2D eigenvalue weighted by molar-refractivity contribution is 0.340. The summed E-state index contributed by atoms with van der Waals surface area (Å²) in [7, 11) is 1.93. The van der Waals surface area contributed by atoms with E-state index in [9.17, 15) is 0 Å². The molecule has 1 heterocycles. The third-order valence-electron chi connectivity index (χ3n) is 2.65. The van der Waals surface area contributed by atoms with Crippen LogP contribution >= 0.6 is 0 Å². The van der Waals surface area contributed by atoms with Crippen molar-refractivity contribution in [3.63, 3.8) is 0 Å². The smallest absolute Gasteiger partial charge is 0.119 e. The van der Waals surface area contributed by atoms with Crippen molar-refractivity contribution < 1.29 is 4.74 Å². The first-order chi connectivity index (χ1) is 8.78. The van der Waals surface area contributed by atoms with Gasteiger partial charge in [-0.3, -0.25) is 4.68 Å². The minimum Gasteiger partial charge on any atom is -0.494 e. The maximum Gasteiger partial charge on any atom is 0.119 e. The first-order valence-corrected chi connectivity index (χ1v) is 6.18. The topological polar surface area (TPSA) is 39.1 Å². The molecule has 96 valence electrons. The molecule has 4 heteroatoms. The predicted molar refractivity (Wildman–Crippen MR) is 71.4 cm³/mol. The molecule has 1 aromatic heterocycles. The van der Waals surface area contributed by atoms with Gasteiger partial charge in [0.15, 0.2) is 0 Å². The minimum absolute atomic E-state index is 0.707. The summed E-state index contributed by atoms with van der Waals surface area (Å²) in [6, 6.07) is 8.18. The summed E-state index contributed by atoms with van der Waals surface area (Å²) < 4.78 is 7.22. The van der Waals surface area contributed by atoms with E-state index in [1.165, 1.54) is 11.1 Å². The second-order valence-corrected chi connectivity index (χ2v) is 4.20. The highest BCUT2D eigenvalue weighted by Gasteiger charge is 1.97. The van der Waals surface area contributed by atoms with E-state index in [1.54, 1.807) is 0 Å². The van der Waals surface area contributed by atoms with Crippen molar-refractivity contribution in [3.8, 4) is 5.75 Å². The molecule has 0 fully saturated rings. The average molecular weight is 245 g/mol. The third-order valence-corrected chi connectivity index (χ3v) is 2.65. The minimum atomic E-state index is 0.707. The Labute approximate surface area is 108 Å². The Morgan fingerprint density at radius 3 is 2.50 bits per heavy atom. The van der Waals surface area contributed by atoms with Crippen molar-refractivity contribution in [2.45, 2.75) is 20.0 Å². The van der Waals surface area contributed by atoms with Crippen LogP contribution in [-0.2, 0) is 20.1 Å². The van der Waals surface area contributed by atoms with E-state index in [2.05, 4.69) is 22.5 Å². The molecule has 0 saturated carbocycles. The van der Waals surface area contributed by atoms with E-state index in [1.807, 2.05) is 43.2 Å². The number of hydrogen-bond donors (Lipinski definition) is 1. The van der Waals surface area contributed by atoms with Crippen LogP contribution in [0.4, 0.5) is 0 Å². The summed E-state index contributed by atoms with van der Waals surface area (Å²) in [4.78, 5) is 0. The van der Waals surface area contributed by atoms with Gasteiger partial charge in [0.05, 0.1) is 12.8 Å². The summed E-state index contributed by atoms with van der Waals surface area (Å²) in [5, 5.41) is 7.52. The predicted octanol–water partition coefficient (Wildman–Crippen LogP) is 2.11. The molecule has 0 unspecified atom stereocenters. The molecule has 4 nitrogen and oxygen atoms in total. The highest BCUT2D eigenvalue weighted by atomic mass is 16.5. The average Bonchev–Trinajstić information content (AvgIpc) is 2.78. The van der Waals surface area contributed by atoms with Crippen LogP contribution in [0.1, 0.15) is 18.1 Å². The van der Waals surface area contributed by atoms with Gasteiger partial charge in [-0.15, -0.1) is 0 Å². The molecular weight excluding hydrogens is 226 g/mol. The molecule has 0 atom stereocenters. The van der Waals surface area contributed by atoms with Crippen LogP contribution in [-0.4, -0.2) is 16.4 Å². The van der Waals surface area contributed by atoms with Crippen molar-refractivity contribution in [2.75, 3.05) is 6.61 Å². The van der Waals surface area contributed by atoms with Crippen LogP contribution in [0.15, 0.2) is 36.7 Å². The van der Waals surface area contributed by atoms with Crippen molar-refractivity contribution >= 4 is 0 Å². The fraction of sp³-hybridized carbons (Fsp3) is 0.357. The second kappa shape index (κ2) is 6.21. The molecule has 2 aromatic rings. The highest BCUT2D eigenvalue weighted by molar-refractivity contribution is 5.27. The first-order valence-electron chi connectivity index (χ1n) is 6.18. The van der Waals surface area contributed by atoms with E-state index in [4.69, 9.17) is 4.74 Å². The number of rotatable bonds is 6. The standard InChI is InChI=1S/C14H19N3O/c1-3-18-14-6-4-12(5-7-14)8-15-9-13-10-16-17(2)11-13/h4-7,10-11,15H,3,8-9H2,1-2H3. The van der Waals surface area contributed by atoms with Gasteiger partial charge in [-0.1, -0.05) is 12.1 Å². The fourth-order valence-corrected chi connectivity index (χ4v) is 1.78. The largest absolute Gasteiger partial charge is 0.494 e. The number of aromatic nitrogens is 2. The number of hydrogen-bond acceptors (Lipinski definition) is 3. The van der Waals surface area contributed by atoms with Gasteiger partial charge < -0.3 is 10.1 Å². The highest BCUT2D eigenvalue weighted by Crippen LogP contribution is 2.11. The lowest BCUT2D eigenvalue weighted by Crippen LogP contribution is -2.12. The number of ether oxygens (including phenoxy) is 1. The number of benzene rings is 1. The maximum absolute atomic E-state index is 5.41. The van der Waals surface area contributed by atoms with Crippen LogP contribution in [0.25, 0.3) is 0 Å². The molecule has 1 N–H and O–H groups in total. The molecular formula is C14H19N3O. The molecule has 18 heavy (non-hydrogen) atoms. The Bertz CT molecular complexity index is 476. The fourth-order valence-electron chi connectivity index (χ4n) is 1.78. The zero-order valence-corrected chi connectivity index (χ0v) is 10.9. The molecule has 2 rings (SSSR count). The first kappa shape index (κ1) is 12.6. The Kier molecular flexibility index (Phi) is 4.36. The van der Waals surface area contributed by atoms with Gasteiger partial charge >= 0.3 is 0 Å². The molecule has 0 bridgehead atoms. The zero-order valence-electron chi connectivity index (χ0n) is 10.9.